The lowest BCUT2D eigenvalue weighted by Crippen LogP contribution is -2.09. The van der Waals surface area contributed by atoms with Gasteiger partial charge in [-0.1, -0.05) is 22.0 Å². The minimum Gasteiger partial charge on any atom is -0.492 e. The molecule has 0 unspecified atom stereocenters. The van der Waals surface area contributed by atoms with Crippen molar-refractivity contribution in [1.29, 1.82) is 5.26 Å². The first kappa shape index (κ1) is 11.7. The van der Waals surface area contributed by atoms with Crippen molar-refractivity contribution in [2.45, 2.75) is 6.54 Å². The summed E-state index contributed by atoms with van der Waals surface area (Å²) in [5.41, 5.74) is 0. The highest BCUT2D eigenvalue weighted by Gasteiger charge is 2.01. The van der Waals surface area contributed by atoms with Gasteiger partial charge in [0.15, 0.2) is 0 Å². The Bertz CT molecular complexity index is 545. The minimum absolute atomic E-state index is 0.405. The van der Waals surface area contributed by atoms with Crippen LogP contribution in [-0.4, -0.2) is 16.2 Å². The van der Waals surface area contributed by atoms with Gasteiger partial charge in [-0.05, 0) is 18.2 Å². The second kappa shape index (κ2) is 5.51. The topological polar surface area (TPSA) is 50.8 Å². The van der Waals surface area contributed by atoms with Crippen LogP contribution in [0.4, 0.5) is 0 Å². The van der Waals surface area contributed by atoms with E-state index in [2.05, 4.69) is 20.9 Å². The van der Waals surface area contributed by atoms with Crippen LogP contribution in [0.2, 0.25) is 0 Å². The van der Waals surface area contributed by atoms with Gasteiger partial charge in [0.2, 0.25) is 5.82 Å². The summed E-state index contributed by atoms with van der Waals surface area (Å²) in [7, 11) is 0. The zero-order valence-corrected chi connectivity index (χ0v) is 10.6. The van der Waals surface area contributed by atoms with Crippen LogP contribution < -0.4 is 4.74 Å². The van der Waals surface area contributed by atoms with E-state index in [1.807, 2.05) is 30.3 Å². The van der Waals surface area contributed by atoms with Gasteiger partial charge >= 0.3 is 0 Å². The second-order valence-corrected chi connectivity index (χ2v) is 4.28. The molecule has 1 aromatic heterocycles. The third-order valence-corrected chi connectivity index (χ3v) is 2.71. The van der Waals surface area contributed by atoms with Crippen LogP contribution in [0, 0.1) is 11.3 Å². The predicted octanol–water partition coefficient (Wildman–Crippen LogP) is 2.60. The first-order chi connectivity index (χ1) is 8.29. The van der Waals surface area contributed by atoms with Gasteiger partial charge in [-0.2, -0.15) is 5.26 Å². The Morgan fingerprint density at radius 3 is 3.12 bits per heavy atom. The molecule has 5 heteroatoms. The minimum atomic E-state index is 0.405. The van der Waals surface area contributed by atoms with Crippen molar-refractivity contribution in [3.05, 3.63) is 47.0 Å². The fourth-order valence-electron chi connectivity index (χ4n) is 1.42. The highest BCUT2D eigenvalue weighted by molar-refractivity contribution is 9.10. The van der Waals surface area contributed by atoms with E-state index in [4.69, 9.17) is 10.00 Å². The van der Waals surface area contributed by atoms with Gasteiger partial charge in [-0.25, -0.2) is 4.98 Å². The number of benzene rings is 1. The van der Waals surface area contributed by atoms with Gasteiger partial charge in [-0.15, -0.1) is 0 Å². The molecule has 0 N–H and O–H groups in total. The molecule has 0 aliphatic rings. The highest BCUT2D eigenvalue weighted by atomic mass is 79.9. The summed E-state index contributed by atoms with van der Waals surface area (Å²) < 4.78 is 8.32. The number of aromatic nitrogens is 2. The second-order valence-electron chi connectivity index (χ2n) is 3.36. The maximum atomic E-state index is 8.78. The van der Waals surface area contributed by atoms with Gasteiger partial charge in [-0.3, -0.25) is 0 Å². The number of rotatable bonds is 4. The highest BCUT2D eigenvalue weighted by Crippen LogP contribution is 2.17. The number of nitrogens with zero attached hydrogens (tertiary/aromatic N) is 3. The van der Waals surface area contributed by atoms with Crippen LogP contribution >= 0.6 is 15.9 Å². The molecule has 0 saturated carbocycles. The predicted molar refractivity (Wildman–Crippen MR) is 66.6 cm³/mol. The fraction of sp³-hybridized carbons (Fsp3) is 0.167. The summed E-state index contributed by atoms with van der Waals surface area (Å²) in [6.07, 6.45) is 3.38. The lowest BCUT2D eigenvalue weighted by Gasteiger charge is -2.07. The van der Waals surface area contributed by atoms with Crippen LogP contribution in [0.1, 0.15) is 5.82 Å². The number of hydrogen-bond donors (Lipinski definition) is 0. The van der Waals surface area contributed by atoms with Crippen molar-refractivity contribution in [2.24, 2.45) is 0 Å². The van der Waals surface area contributed by atoms with Crippen molar-refractivity contribution in [3.8, 4) is 11.8 Å². The van der Waals surface area contributed by atoms with Crippen molar-refractivity contribution < 1.29 is 4.74 Å². The van der Waals surface area contributed by atoms with Crippen LogP contribution in [0.3, 0.4) is 0 Å². The largest absolute Gasteiger partial charge is 0.492 e. The smallest absolute Gasteiger partial charge is 0.212 e. The Balaban J connectivity index is 1.90. The molecule has 0 radical (unpaired) electrons. The van der Waals surface area contributed by atoms with E-state index >= 15 is 0 Å². The molecule has 0 aliphatic heterocycles. The summed E-state index contributed by atoms with van der Waals surface area (Å²) in [5.74, 6) is 1.21. The molecule has 0 aliphatic carbocycles. The van der Waals surface area contributed by atoms with Crippen molar-refractivity contribution in [2.75, 3.05) is 6.61 Å². The summed E-state index contributed by atoms with van der Waals surface area (Å²) in [5, 5.41) is 8.78. The first-order valence-corrected chi connectivity index (χ1v) is 5.88. The Morgan fingerprint density at radius 2 is 2.35 bits per heavy atom. The van der Waals surface area contributed by atoms with Crippen molar-refractivity contribution in [1.82, 2.24) is 9.55 Å². The number of halogens is 1. The van der Waals surface area contributed by atoms with Crippen LogP contribution in [0.5, 0.6) is 5.75 Å². The van der Waals surface area contributed by atoms with Crippen LogP contribution in [-0.2, 0) is 6.54 Å². The van der Waals surface area contributed by atoms with E-state index in [0.29, 0.717) is 19.0 Å². The molecule has 2 aromatic rings. The Hall–Kier alpha value is -1.80. The standard InChI is InChI=1S/C12H10BrN3O/c13-10-2-1-3-11(8-10)17-7-6-16-5-4-15-12(16)9-14/h1-5,8H,6-7H2. The molecule has 1 aromatic carbocycles. The monoisotopic (exact) mass is 291 g/mol. The quantitative estimate of drug-likeness (QED) is 0.870. The molecule has 0 fully saturated rings. The number of ether oxygens (including phenoxy) is 1. The molecule has 0 saturated heterocycles. The molecular weight excluding hydrogens is 282 g/mol. The summed E-state index contributed by atoms with van der Waals surface area (Å²) in [4.78, 5) is 3.91. The molecule has 86 valence electrons. The lowest BCUT2D eigenvalue weighted by atomic mass is 10.3. The molecule has 0 atom stereocenters. The Morgan fingerprint density at radius 1 is 1.47 bits per heavy atom. The van der Waals surface area contributed by atoms with E-state index in [0.717, 1.165) is 10.2 Å². The summed E-state index contributed by atoms with van der Waals surface area (Å²) in [6.45, 7) is 1.11. The molecule has 1 heterocycles. The fourth-order valence-corrected chi connectivity index (χ4v) is 1.80. The average molecular weight is 292 g/mol. The molecule has 0 spiro atoms. The van der Waals surface area contributed by atoms with Crippen molar-refractivity contribution >= 4 is 15.9 Å². The molecule has 0 amide bonds. The summed E-state index contributed by atoms with van der Waals surface area (Å²) >= 11 is 3.38. The average Bonchev–Trinajstić information content (AvgIpc) is 2.77. The third kappa shape index (κ3) is 3.08. The maximum Gasteiger partial charge on any atom is 0.212 e. The first-order valence-electron chi connectivity index (χ1n) is 5.09. The zero-order valence-electron chi connectivity index (χ0n) is 9.01. The zero-order chi connectivity index (χ0) is 12.1. The maximum absolute atomic E-state index is 8.78. The molecule has 2 rings (SSSR count). The van der Waals surface area contributed by atoms with E-state index in [1.54, 1.807) is 17.0 Å². The lowest BCUT2D eigenvalue weighted by molar-refractivity contribution is 0.297. The van der Waals surface area contributed by atoms with Crippen molar-refractivity contribution in [3.63, 3.8) is 0 Å². The molecule has 17 heavy (non-hydrogen) atoms. The third-order valence-electron chi connectivity index (χ3n) is 2.21. The van der Waals surface area contributed by atoms with Gasteiger partial charge in [0, 0.05) is 16.9 Å². The normalized spacial score (nSPS) is 9.88. The van der Waals surface area contributed by atoms with Gasteiger partial charge in [0.25, 0.3) is 0 Å². The Labute approximate surface area is 108 Å². The number of nitriles is 1. The number of hydrogen-bond acceptors (Lipinski definition) is 3. The number of imidazole rings is 1. The van der Waals surface area contributed by atoms with Gasteiger partial charge in [0.1, 0.15) is 18.4 Å². The van der Waals surface area contributed by atoms with Gasteiger partial charge < -0.3 is 9.30 Å². The summed E-state index contributed by atoms with van der Waals surface area (Å²) in [6, 6.07) is 9.67. The van der Waals surface area contributed by atoms with E-state index < -0.39 is 0 Å². The molecular formula is C12H10BrN3O. The van der Waals surface area contributed by atoms with E-state index in [1.165, 1.54) is 0 Å². The van der Waals surface area contributed by atoms with Crippen LogP contribution in [0.25, 0.3) is 0 Å². The van der Waals surface area contributed by atoms with Crippen LogP contribution in [0.15, 0.2) is 41.1 Å². The SMILES string of the molecule is N#Cc1nccn1CCOc1cccc(Br)c1. The molecule has 4 nitrogen and oxygen atoms in total. The molecule has 0 bridgehead atoms. The van der Waals surface area contributed by atoms with E-state index in [9.17, 15) is 0 Å². The van der Waals surface area contributed by atoms with Gasteiger partial charge in [0.05, 0.1) is 6.54 Å². The van der Waals surface area contributed by atoms with E-state index in [-0.39, 0.29) is 0 Å². The Kier molecular flexibility index (Phi) is 3.78.